The topological polar surface area (TPSA) is 26.3 Å². The van der Waals surface area contributed by atoms with Crippen molar-refractivity contribution in [1.29, 1.82) is 0 Å². The first-order valence-corrected chi connectivity index (χ1v) is 3.51. The molecule has 0 aliphatic heterocycles. The summed E-state index contributed by atoms with van der Waals surface area (Å²) in [4.78, 5) is 10.7. The molecule has 0 amide bonds. The summed E-state index contributed by atoms with van der Waals surface area (Å²) in [7, 11) is 1.22. The van der Waals surface area contributed by atoms with Crippen LogP contribution in [-0.2, 0) is 9.53 Å². The van der Waals surface area contributed by atoms with Crippen LogP contribution in [0.4, 0.5) is 8.78 Å². The van der Waals surface area contributed by atoms with Crippen molar-refractivity contribution < 1.29 is 18.3 Å². The molecule has 0 unspecified atom stereocenters. The Morgan fingerprint density at radius 3 is 2.64 bits per heavy atom. The molecule has 0 bridgehead atoms. The minimum Gasteiger partial charge on any atom is -0.469 e. The number of hydrogen-bond acceptors (Lipinski definition) is 2. The van der Waals surface area contributed by atoms with Crippen molar-refractivity contribution >= 4 is 5.97 Å². The third-order valence-corrected chi connectivity index (χ3v) is 1.94. The summed E-state index contributed by atoms with van der Waals surface area (Å²) in [6, 6.07) is 0. The molecule has 0 N–H and O–H groups in total. The number of carbonyl (C=O) groups excluding carboxylic acids is 1. The minimum atomic E-state index is -2.65. The number of ether oxygens (including phenoxy) is 1. The molecule has 0 heterocycles. The van der Waals surface area contributed by atoms with Gasteiger partial charge in [0.2, 0.25) is 5.92 Å². The van der Waals surface area contributed by atoms with Crippen LogP contribution in [0.25, 0.3) is 0 Å². The normalized spacial score (nSPS) is 28.5. The third kappa shape index (κ3) is 1.88. The van der Waals surface area contributed by atoms with Crippen LogP contribution >= 0.6 is 0 Å². The van der Waals surface area contributed by atoms with Gasteiger partial charge in [-0.05, 0) is 6.42 Å². The molecule has 11 heavy (non-hydrogen) atoms. The molecule has 2 nitrogen and oxygen atoms in total. The van der Waals surface area contributed by atoms with Crippen molar-refractivity contribution in [2.45, 2.75) is 25.2 Å². The molecular formula is C7H10F2O2. The highest BCUT2D eigenvalue weighted by Crippen LogP contribution is 2.39. The second kappa shape index (κ2) is 2.75. The smallest absolute Gasteiger partial charge is 0.308 e. The Balaban J connectivity index is 2.48. The number of alkyl halides is 2. The van der Waals surface area contributed by atoms with E-state index >= 15 is 0 Å². The fraction of sp³-hybridized carbons (Fsp3) is 0.857. The van der Waals surface area contributed by atoms with Crippen molar-refractivity contribution in [3.8, 4) is 0 Å². The summed E-state index contributed by atoms with van der Waals surface area (Å²) >= 11 is 0. The van der Waals surface area contributed by atoms with Crippen molar-refractivity contribution in [3.05, 3.63) is 0 Å². The van der Waals surface area contributed by atoms with E-state index in [9.17, 15) is 13.6 Å². The molecule has 0 saturated heterocycles. The lowest BCUT2D eigenvalue weighted by Crippen LogP contribution is -2.16. The maximum atomic E-state index is 12.5. The molecule has 1 atom stereocenters. The highest BCUT2D eigenvalue weighted by Gasteiger charge is 2.42. The monoisotopic (exact) mass is 164 g/mol. The summed E-state index contributed by atoms with van der Waals surface area (Å²) in [5.74, 6) is -3.75. The first kappa shape index (κ1) is 8.43. The summed E-state index contributed by atoms with van der Waals surface area (Å²) in [5.41, 5.74) is 0. The average Bonchev–Trinajstić information content (AvgIpc) is 2.29. The number of methoxy groups -OCH3 is 1. The van der Waals surface area contributed by atoms with Crippen LogP contribution in [0.3, 0.4) is 0 Å². The molecule has 0 radical (unpaired) electrons. The molecule has 0 spiro atoms. The van der Waals surface area contributed by atoms with Gasteiger partial charge in [-0.15, -0.1) is 0 Å². The van der Waals surface area contributed by atoms with E-state index in [1.807, 2.05) is 0 Å². The first-order chi connectivity index (χ1) is 5.05. The fourth-order valence-electron chi connectivity index (χ4n) is 1.32. The van der Waals surface area contributed by atoms with E-state index in [1.54, 1.807) is 0 Å². The van der Waals surface area contributed by atoms with E-state index in [0.717, 1.165) is 0 Å². The summed E-state index contributed by atoms with van der Waals surface area (Å²) < 4.78 is 29.3. The van der Waals surface area contributed by atoms with Gasteiger partial charge in [0.05, 0.1) is 13.0 Å². The average molecular weight is 164 g/mol. The van der Waals surface area contributed by atoms with Crippen molar-refractivity contribution in [2.24, 2.45) is 5.92 Å². The van der Waals surface area contributed by atoms with Gasteiger partial charge in [0.1, 0.15) is 0 Å². The zero-order valence-corrected chi connectivity index (χ0v) is 6.27. The molecule has 1 saturated carbocycles. The highest BCUT2D eigenvalue weighted by atomic mass is 19.3. The molecule has 0 aromatic rings. The third-order valence-electron chi connectivity index (χ3n) is 1.94. The molecular weight excluding hydrogens is 154 g/mol. The predicted molar refractivity (Wildman–Crippen MR) is 34.3 cm³/mol. The van der Waals surface area contributed by atoms with Gasteiger partial charge in [-0.1, -0.05) is 0 Å². The summed E-state index contributed by atoms with van der Waals surface area (Å²) in [6.45, 7) is 0. The molecule has 0 aromatic carbocycles. The first-order valence-electron chi connectivity index (χ1n) is 3.51. The fourth-order valence-corrected chi connectivity index (χ4v) is 1.32. The summed E-state index contributed by atoms with van der Waals surface area (Å²) in [6.07, 6.45) is -0.286. The quantitative estimate of drug-likeness (QED) is 0.550. The zero-order chi connectivity index (χ0) is 8.48. The second-order valence-corrected chi connectivity index (χ2v) is 2.82. The van der Waals surface area contributed by atoms with Gasteiger partial charge in [-0.2, -0.15) is 0 Å². The Morgan fingerprint density at radius 2 is 2.27 bits per heavy atom. The van der Waals surface area contributed by atoms with Crippen LogP contribution < -0.4 is 0 Å². The van der Waals surface area contributed by atoms with Crippen LogP contribution in [0.1, 0.15) is 19.3 Å². The van der Waals surface area contributed by atoms with E-state index in [-0.39, 0.29) is 19.3 Å². The maximum Gasteiger partial charge on any atom is 0.308 e. The van der Waals surface area contributed by atoms with E-state index in [4.69, 9.17) is 0 Å². The van der Waals surface area contributed by atoms with Crippen molar-refractivity contribution in [1.82, 2.24) is 0 Å². The highest BCUT2D eigenvalue weighted by molar-refractivity contribution is 5.72. The molecule has 1 aliphatic carbocycles. The van der Waals surface area contributed by atoms with Crippen LogP contribution in [0, 0.1) is 5.92 Å². The minimum absolute atomic E-state index is 0.188. The Kier molecular flexibility index (Phi) is 2.11. The molecule has 1 rings (SSSR count). The maximum absolute atomic E-state index is 12.5. The Morgan fingerprint density at radius 1 is 1.64 bits per heavy atom. The van der Waals surface area contributed by atoms with E-state index in [0.29, 0.717) is 0 Å². The van der Waals surface area contributed by atoms with Gasteiger partial charge in [-0.25, -0.2) is 8.78 Å². The van der Waals surface area contributed by atoms with E-state index < -0.39 is 17.8 Å². The molecule has 4 heteroatoms. The van der Waals surface area contributed by atoms with E-state index in [1.165, 1.54) is 7.11 Å². The van der Waals surface area contributed by atoms with Gasteiger partial charge < -0.3 is 4.74 Å². The number of esters is 1. The van der Waals surface area contributed by atoms with Gasteiger partial charge in [-0.3, -0.25) is 4.79 Å². The number of halogens is 2. The molecule has 1 aliphatic rings. The van der Waals surface area contributed by atoms with E-state index in [2.05, 4.69) is 4.74 Å². The largest absolute Gasteiger partial charge is 0.469 e. The molecule has 64 valence electrons. The zero-order valence-electron chi connectivity index (χ0n) is 6.27. The van der Waals surface area contributed by atoms with Crippen LogP contribution in [0.5, 0.6) is 0 Å². The van der Waals surface area contributed by atoms with Gasteiger partial charge >= 0.3 is 5.97 Å². The van der Waals surface area contributed by atoms with Crippen LogP contribution in [-0.4, -0.2) is 19.0 Å². The lowest BCUT2D eigenvalue weighted by molar-refractivity contribution is -0.146. The second-order valence-electron chi connectivity index (χ2n) is 2.82. The summed E-state index contributed by atoms with van der Waals surface area (Å²) in [5, 5.41) is 0. The Labute approximate surface area is 63.5 Å². The lowest BCUT2D eigenvalue weighted by atomic mass is 10.1. The number of carbonyl (C=O) groups is 1. The Bertz CT molecular complexity index is 168. The van der Waals surface area contributed by atoms with Crippen molar-refractivity contribution in [2.75, 3.05) is 7.11 Å². The SMILES string of the molecule is COC(=O)[C@@H]1CCC(F)(F)C1. The van der Waals surface area contributed by atoms with Gasteiger partial charge in [0.15, 0.2) is 0 Å². The standard InChI is InChI=1S/C7H10F2O2/c1-11-6(10)5-2-3-7(8,9)4-5/h5H,2-4H2,1H3/t5-/m1/s1. The Hall–Kier alpha value is -0.670. The van der Waals surface area contributed by atoms with Gasteiger partial charge in [0.25, 0.3) is 0 Å². The van der Waals surface area contributed by atoms with Crippen LogP contribution in [0.15, 0.2) is 0 Å². The lowest BCUT2D eigenvalue weighted by Gasteiger charge is -2.07. The number of rotatable bonds is 1. The van der Waals surface area contributed by atoms with Crippen molar-refractivity contribution in [3.63, 3.8) is 0 Å². The molecule has 1 fully saturated rings. The van der Waals surface area contributed by atoms with Crippen LogP contribution in [0.2, 0.25) is 0 Å². The number of hydrogen-bond donors (Lipinski definition) is 0. The van der Waals surface area contributed by atoms with Gasteiger partial charge in [0, 0.05) is 12.8 Å². The molecule has 0 aromatic heterocycles. The predicted octanol–water partition coefficient (Wildman–Crippen LogP) is 1.59.